The fraction of sp³-hybridized carbons (Fsp3) is 0.0323. The highest BCUT2D eigenvalue weighted by atomic mass is 16.3. The fourth-order valence-electron chi connectivity index (χ4n) is 4.63. The zero-order valence-electron chi connectivity index (χ0n) is 18.1. The first-order valence-corrected chi connectivity index (χ1v) is 10.7. The summed E-state index contributed by atoms with van der Waals surface area (Å²) in [7, 11) is 0. The van der Waals surface area contributed by atoms with E-state index < -0.39 is 0 Å². The molecule has 0 fully saturated rings. The lowest BCUT2D eigenvalue weighted by atomic mass is 9.83. The number of rotatable bonds is 4. The van der Waals surface area contributed by atoms with Gasteiger partial charge in [0.1, 0.15) is 5.75 Å². The van der Waals surface area contributed by atoms with Crippen LogP contribution >= 0.6 is 0 Å². The average Bonchev–Trinajstić information content (AvgIpc) is 2.82. The average molecular weight is 413 g/mol. The molecule has 0 atom stereocenters. The Kier molecular flexibility index (Phi) is 4.88. The summed E-state index contributed by atoms with van der Waals surface area (Å²) in [6.07, 6.45) is 3.89. The number of fused-ring (bicyclic) bond motifs is 2. The van der Waals surface area contributed by atoms with E-state index in [-0.39, 0.29) is 5.75 Å². The van der Waals surface area contributed by atoms with Crippen molar-refractivity contribution < 1.29 is 5.11 Å². The highest BCUT2D eigenvalue weighted by molar-refractivity contribution is 6.12. The summed E-state index contributed by atoms with van der Waals surface area (Å²) in [6, 6.07) is 29.1. The van der Waals surface area contributed by atoms with Gasteiger partial charge in [-0.15, -0.1) is 0 Å². The Morgan fingerprint density at radius 2 is 1.16 bits per heavy atom. The minimum atomic E-state index is 0.277. The van der Waals surface area contributed by atoms with Crippen molar-refractivity contribution in [3.8, 4) is 28.0 Å². The quantitative estimate of drug-likeness (QED) is 0.313. The van der Waals surface area contributed by atoms with E-state index >= 15 is 0 Å². The van der Waals surface area contributed by atoms with Gasteiger partial charge in [-0.2, -0.15) is 0 Å². The fourth-order valence-corrected chi connectivity index (χ4v) is 4.63. The first-order chi connectivity index (χ1) is 15.6. The first-order valence-electron chi connectivity index (χ1n) is 10.7. The molecule has 0 spiro atoms. The standard InChI is InChI=1S/C31H24O/c1-4-26-27(5-2)31(24-15-14-23-19-25(32)17-16-22(23)18-24)29-9-7-6-8-28(29)30(26)21-12-10-20(3)11-13-21/h4-19,32H,1-2H2,3H3. The van der Waals surface area contributed by atoms with Gasteiger partial charge in [-0.25, -0.2) is 0 Å². The minimum Gasteiger partial charge on any atom is -0.508 e. The van der Waals surface area contributed by atoms with Gasteiger partial charge in [-0.05, 0) is 80.0 Å². The van der Waals surface area contributed by atoms with Gasteiger partial charge < -0.3 is 5.11 Å². The molecule has 5 aromatic carbocycles. The molecule has 154 valence electrons. The smallest absolute Gasteiger partial charge is 0.116 e. The van der Waals surface area contributed by atoms with Crippen molar-refractivity contribution >= 4 is 33.7 Å². The summed E-state index contributed by atoms with van der Waals surface area (Å²) in [5.74, 6) is 0.277. The van der Waals surface area contributed by atoms with Crippen molar-refractivity contribution in [2.24, 2.45) is 0 Å². The van der Waals surface area contributed by atoms with E-state index in [1.54, 1.807) is 12.1 Å². The Labute approximate surface area is 188 Å². The number of benzene rings is 5. The van der Waals surface area contributed by atoms with Crippen molar-refractivity contribution in [2.75, 3.05) is 0 Å². The Hall–Kier alpha value is -4.10. The highest BCUT2D eigenvalue weighted by Gasteiger charge is 2.18. The molecule has 5 aromatic rings. The van der Waals surface area contributed by atoms with Crippen LogP contribution in [0.1, 0.15) is 16.7 Å². The molecular weight excluding hydrogens is 388 g/mol. The van der Waals surface area contributed by atoms with Gasteiger partial charge in [-0.3, -0.25) is 0 Å². The van der Waals surface area contributed by atoms with E-state index in [1.165, 1.54) is 27.5 Å². The lowest BCUT2D eigenvalue weighted by molar-refractivity contribution is 0.476. The Bertz CT molecular complexity index is 1500. The van der Waals surface area contributed by atoms with Gasteiger partial charge in [0.25, 0.3) is 0 Å². The summed E-state index contributed by atoms with van der Waals surface area (Å²) in [5.41, 5.74) is 8.02. The third-order valence-corrected chi connectivity index (χ3v) is 6.16. The van der Waals surface area contributed by atoms with E-state index in [4.69, 9.17) is 0 Å². The zero-order valence-corrected chi connectivity index (χ0v) is 18.1. The predicted octanol–water partition coefficient (Wildman–Crippen LogP) is 8.63. The Balaban J connectivity index is 1.90. The summed E-state index contributed by atoms with van der Waals surface area (Å²) < 4.78 is 0. The summed E-state index contributed by atoms with van der Waals surface area (Å²) in [6.45, 7) is 10.4. The molecule has 0 aliphatic rings. The zero-order chi connectivity index (χ0) is 22.2. The summed E-state index contributed by atoms with van der Waals surface area (Å²) >= 11 is 0. The molecule has 0 unspecified atom stereocenters. The third-order valence-electron chi connectivity index (χ3n) is 6.16. The molecule has 0 heterocycles. The molecule has 0 aromatic heterocycles. The molecule has 0 saturated carbocycles. The van der Waals surface area contributed by atoms with Crippen molar-refractivity contribution in [1.82, 2.24) is 0 Å². The van der Waals surface area contributed by atoms with E-state index in [0.29, 0.717) is 0 Å². The maximum Gasteiger partial charge on any atom is 0.116 e. The van der Waals surface area contributed by atoms with Crippen LogP contribution in [-0.2, 0) is 0 Å². The third kappa shape index (κ3) is 3.19. The Morgan fingerprint density at radius 1 is 0.625 bits per heavy atom. The minimum absolute atomic E-state index is 0.277. The number of phenols is 1. The highest BCUT2D eigenvalue weighted by Crippen LogP contribution is 2.43. The van der Waals surface area contributed by atoms with Crippen LogP contribution in [0.2, 0.25) is 0 Å². The summed E-state index contributed by atoms with van der Waals surface area (Å²) in [5, 5.41) is 14.3. The van der Waals surface area contributed by atoms with Crippen LogP contribution < -0.4 is 0 Å². The van der Waals surface area contributed by atoms with Crippen molar-refractivity contribution in [2.45, 2.75) is 6.92 Å². The van der Waals surface area contributed by atoms with Crippen molar-refractivity contribution in [3.05, 3.63) is 115 Å². The predicted molar refractivity (Wildman–Crippen MR) is 139 cm³/mol. The largest absolute Gasteiger partial charge is 0.508 e. The van der Waals surface area contributed by atoms with Gasteiger partial charge in [0.05, 0.1) is 0 Å². The van der Waals surface area contributed by atoms with Crippen LogP contribution in [0.3, 0.4) is 0 Å². The normalized spacial score (nSPS) is 11.0. The van der Waals surface area contributed by atoms with Gasteiger partial charge in [0.15, 0.2) is 0 Å². The van der Waals surface area contributed by atoms with E-state index in [0.717, 1.165) is 33.0 Å². The molecule has 0 amide bonds. The number of phenolic OH excluding ortho intramolecular Hbond substituents is 1. The monoisotopic (exact) mass is 412 g/mol. The van der Waals surface area contributed by atoms with Crippen LogP contribution in [-0.4, -0.2) is 5.11 Å². The van der Waals surface area contributed by atoms with Crippen LogP contribution in [0.25, 0.3) is 56.0 Å². The molecule has 0 aliphatic carbocycles. The molecular formula is C31H24O. The number of hydrogen-bond donors (Lipinski definition) is 1. The van der Waals surface area contributed by atoms with Crippen LogP contribution in [0.15, 0.2) is 98.1 Å². The Morgan fingerprint density at radius 3 is 1.78 bits per heavy atom. The van der Waals surface area contributed by atoms with E-state index in [1.807, 2.05) is 18.2 Å². The molecule has 5 rings (SSSR count). The molecule has 32 heavy (non-hydrogen) atoms. The molecule has 1 nitrogen and oxygen atoms in total. The van der Waals surface area contributed by atoms with E-state index in [9.17, 15) is 5.11 Å². The lowest BCUT2D eigenvalue weighted by Gasteiger charge is -2.20. The molecule has 0 saturated heterocycles. The van der Waals surface area contributed by atoms with Gasteiger partial charge in [0.2, 0.25) is 0 Å². The lowest BCUT2D eigenvalue weighted by Crippen LogP contribution is -1.96. The molecule has 0 radical (unpaired) electrons. The second kappa shape index (κ2) is 7.86. The van der Waals surface area contributed by atoms with Crippen LogP contribution in [0.5, 0.6) is 5.75 Å². The van der Waals surface area contributed by atoms with Crippen molar-refractivity contribution in [3.63, 3.8) is 0 Å². The van der Waals surface area contributed by atoms with Crippen LogP contribution in [0, 0.1) is 6.92 Å². The van der Waals surface area contributed by atoms with Crippen molar-refractivity contribution in [1.29, 1.82) is 0 Å². The topological polar surface area (TPSA) is 20.2 Å². The second-order valence-electron chi connectivity index (χ2n) is 8.14. The van der Waals surface area contributed by atoms with E-state index in [2.05, 4.69) is 86.8 Å². The molecule has 1 heteroatoms. The molecule has 1 N–H and O–H groups in total. The number of aryl methyl sites for hydroxylation is 1. The molecule has 0 bridgehead atoms. The molecule has 0 aliphatic heterocycles. The number of hydrogen-bond acceptors (Lipinski definition) is 1. The van der Waals surface area contributed by atoms with Gasteiger partial charge >= 0.3 is 0 Å². The summed E-state index contributed by atoms with van der Waals surface area (Å²) in [4.78, 5) is 0. The maximum absolute atomic E-state index is 9.84. The number of aromatic hydroxyl groups is 1. The maximum atomic E-state index is 9.84. The first kappa shape index (κ1) is 19.8. The van der Waals surface area contributed by atoms with Gasteiger partial charge in [-0.1, -0.05) is 97.6 Å². The second-order valence-corrected chi connectivity index (χ2v) is 8.14. The SMILES string of the molecule is C=Cc1c(C=C)c(-c2ccc3cc(O)ccc3c2)c2ccccc2c1-c1ccc(C)cc1. The van der Waals surface area contributed by atoms with Gasteiger partial charge in [0, 0.05) is 0 Å². The van der Waals surface area contributed by atoms with Crippen LogP contribution in [0.4, 0.5) is 0 Å².